The lowest BCUT2D eigenvalue weighted by molar-refractivity contribution is -0.129. The van der Waals surface area contributed by atoms with Gasteiger partial charge in [0, 0.05) is 7.05 Å². The monoisotopic (exact) mass is 312 g/mol. The van der Waals surface area contributed by atoms with Gasteiger partial charge in [0.2, 0.25) is 5.91 Å². The number of amides is 1. The number of benzene rings is 1. The summed E-state index contributed by atoms with van der Waals surface area (Å²) in [6.07, 6.45) is 7.69. The van der Waals surface area contributed by atoms with Gasteiger partial charge in [-0.3, -0.25) is 9.59 Å². The summed E-state index contributed by atoms with van der Waals surface area (Å²) < 4.78 is 5.91. The van der Waals surface area contributed by atoms with Gasteiger partial charge in [0.25, 0.3) is 0 Å². The maximum Gasteiger partial charge on any atom is 0.245 e. The predicted octanol–water partition coefficient (Wildman–Crippen LogP) is 2.48. The molecule has 1 saturated carbocycles. The summed E-state index contributed by atoms with van der Waals surface area (Å²) >= 11 is 0. The number of allylic oxidation sites excluding steroid dienone is 1. The summed E-state index contributed by atoms with van der Waals surface area (Å²) in [6.45, 7) is 0. The Morgan fingerprint density at radius 1 is 1.39 bits per heavy atom. The van der Waals surface area contributed by atoms with Gasteiger partial charge >= 0.3 is 0 Å². The number of ketones is 1. The van der Waals surface area contributed by atoms with E-state index in [1.807, 2.05) is 24.3 Å². The number of hydrogen-bond donors (Lipinski definition) is 1. The molecule has 0 bridgehead atoms. The fourth-order valence-electron chi connectivity index (χ4n) is 2.56. The maximum absolute atomic E-state index is 11.9. The number of nitrogens with zero attached hydrogens (tertiary/aromatic N) is 1. The van der Waals surface area contributed by atoms with Crippen molar-refractivity contribution in [2.45, 2.75) is 31.8 Å². The first-order chi connectivity index (χ1) is 11.1. The molecule has 120 valence electrons. The second kappa shape index (κ2) is 8.14. The lowest BCUT2D eigenvalue weighted by atomic mass is 10.0. The normalized spacial score (nSPS) is 16.0. The predicted molar refractivity (Wildman–Crippen MR) is 86.5 cm³/mol. The molecule has 0 heterocycles. The minimum absolute atomic E-state index is 0.270. The average molecular weight is 312 g/mol. The maximum atomic E-state index is 11.9. The van der Waals surface area contributed by atoms with E-state index in [4.69, 9.17) is 10.00 Å². The molecule has 0 aliphatic heterocycles. The average Bonchev–Trinajstić information content (AvgIpc) is 3.06. The third kappa shape index (κ3) is 4.68. The van der Waals surface area contributed by atoms with Gasteiger partial charge < -0.3 is 10.1 Å². The van der Waals surface area contributed by atoms with Crippen LogP contribution in [0.5, 0.6) is 5.75 Å². The number of ether oxygens (including phenoxy) is 1. The van der Waals surface area contributed by atoms with Crippen molar-refractivity contribution < 1.29 is 14.3 Å². The van der Waals surface area contributed by atoms with Crippen molar-refractivity contribution in [3.8, 4) is 11.8 Å². The van der Waals surface area contributed by atoms with Crippen LogP contribution < -0.4 is 10.1 Å². The summed E-state index contributed by atoms with van der Waals surface area (Å²) in [7, 11) is 1.40. The van der Waals surface area contributed by atoms with Crippen molar-refractivity contribution in [3.63, 3.8) is 0 Å². The van der Waals surface area contributed by atoms with Crippen LogP contribution in [-0.2, 0) is 9.59 Å². The lowest BCUT2D eigenvalue weighted by Gasteiger charge is -2.13. The molecule has 5 heteroatoms. The van der Waals surface area contributed by atoms with Crippen LogP contribution >= 0.6 is 0 Å². The Hall–Kier alpha value is -2.61. The van der Waals surface area contributed by atoms with Crippen molar-refractivity contribution in [1.82, 2.24) is 5.32 Å². The Bertz CT molecular complexity index is 640. The van der Waals surface area contributed by atoms with E-state index in [0.29, 0.717) is 0 Å². The van der Waals surface area contributed by atoms with Gasteiger partial charge in [-0.1, -0.05) is 18.2 Å². The lowest BCUT2D eigenvalue weighted by Crippen LogP contribution is -2.31. The van der Waals surface area contributed by atoms with Crippen LogP contribution in [0.2, 0.25) is 0 Å². The third-order valence-electron chi connectivity index (χ3n) is 3.83. The topological polar surface area (TPSA) is 79.2 Å². The number of hydrogen-bond acceptors (Lipinski definition) is 4. The molecule has 1 aliphatic carbocycles. The van der Waals surface area contributed by atoms with E-state index in [1.165, 1.54) is 26.0 Å². The standard InChI is InChI=1S/C18H20N2O3/c1-20-18(22)16(12-19)17(21)10-9-13-5-4-8-15(11-13)23-14-6-2-3-7-14/h4-5,8-11,14,16H,2-3,6-7H2,1H3,(H,20,22)/b10-9-/t16-/m0/s1. The molecule has 1 aromatic rings. The molecule has 1 aromatic carbocycles. The van der Waals surface area contributed by atoms with E-state index in [2.05, 4.69) is 5.32 Å². The van der Waals surface area contributed by atoms with E-state index in [-0.39, 0.29) is 6.10 Å². The second-order valence-electron chi connectivity index (χ2n) is 5.51. The van der Waals surface area contributed by atoms with Crippen LogP contribution in [-0.4, -0.2) is 24.8 Å². The minimum Gasteiger partial charge on any atom is -0.490 e. The largest absolute Gasteiger partial charge is 0.490 e. The SMILES string of the molecule is CNC(=O)[C@@H](C#N)C(=O)/C=C\c1cccc(OC2CCCC2)c1. The molecule has 23 heavy (non-hydrogen) atoms. The highest BCUT2D eigenvalue weighted by molar-refractivity contribution is 6.10. The molecular weight excluding hydrogens is 292 g/mol. The molecule has 5 nitrogen and oxygen atoms in total. The number of carbonyl (C=O) groups is 2. The highest BCUT2D eigenvalue weighted by Crippen LogP contribution is 2.24. The van der Waals surface area contributed by atoms with Crippen molar-refractivity contribution in [3.05, 3.63) is 35.9 Å². The van der Waals surface area contributed by atoms with Gasteiger partial charge in [-0.2, -0.15) is 5.26 Å². The van der Waals surface area contributed by atoms with Crippen molar-refractivity contribution >= 4 is 17.8 Å². The number of nitriles is 1. The Balaban J connectivity index is 2.02. The molecule has 0 radical (unpaired) electrons. The van der Waals surface area contributed by atoms with Crippen LogP contribution in [0.15, 0.2) is 30.3 Å². The molecule has 1 fully saturated rings. The van der Waals surface area contributed by atoms with Crippen LogP contribution in [0.1, 0.15) is 31.2 Å². The fraction of sp³-hybridized carbons (Fsp3) is 0.389. The minimum atomic E-state index is -1.31. The van der Waals surface area contributed by atoms with Gasteiger partial charge in [-0.05, 0) is 49.5 Å². The van der Waals surface area contributed by atoms with Crippen LogP contribution in [0.25, 0.3) is 6.08 Å². The van der Waals surface area contributed by atoms with E-state index in [9.17, 15) is 9.59 Å². The molecule has 1 amide bonds. The molecule has 0 spiro atoms. The van der Waals surface area contributed by atoms with Gasteiger partial charge in [0.15, 0.2) is 11.7 Å². The number of rotatable bonds is 6. The number of carbonyl (C=O) groups excluding carboxylic acids is 2. The zero-order chi connectivity index (χ0) is 16.7. The van der Waals surface area contributed by atoms with Crippen LogP contribution in [0.4, 0.5) is 0 Å². The molecule has 1 N–H and O–H groups in total. The first-order valence-corrected chi connectivity index (χ1v) is 7.74. The molecule has 2 rings (SSSR count). The Morgan fingerprint density at radius 2 is 2.13 bits per heavy atom. The molecule has 1 aliphatic rings. The number of nitrogens with one attached hydrogen (secondary N) is 1. The summed E-state index contributed by atoms with van der Waals surface area (Å²) in [4.78, 5) is 23.3. The molecule has 0 aromatic heterocycles. The van der Waals surface area contributed by atoms with E-state index >= 15 is 0 Å². The van der Waals surface area contributed by atoms with Gasteiger partial charge in [-0.25, -0.2) is 0 Å². The van der Waals surface area contributed by atoms with Crippen molar-refractivity contribution in [2.24, 2.45) is 5.92 Å². The Labute approximate surface area is 135 Å². The molecule has 0 saturated heterocycles. The molecular formula is C18H20N2O3. The van der Waals surface area contributed by atoms with Crippen molar-refractivity contribution in [1.29, 1.82) is 5.26 Å². The second-order valence-corrected chi connectivity index (χ2v) is 5.51. The van der Waals surface area contributed by atoms with E-state index < -0.39 is 17.6 Å². The van der Waals surface area contributed by atoms with Crippen molar-refractivity contribution in [2.75, 3.05) is 7.05 Å². The van der Waals surface area contributed by atoms with E-state index in [0.717, 1.165) is 24.2 Å². The van der Waals surface area contributed by atoms with Crippen LogP contribution in [0, 0.1) is 17.2 Å². The highest BCUT2D eigenvalue weighted by Gasteiger charge is 2.23. The van der Waals surface area contributed by atoms with Crippen LogP contribution in [0.3, 0.4) is 0 Å². The van der Waals surface area contributed by atoms with Gasteiger partial charge in [-0.15, -0.1) is 0 Å². The Kier molecular flexibility index (Phi) is 5.93. The first kappa shape index (κ1) is 16.8. The first-order valence-electron chi connectivity index (χ1n) is 7.74. The molecule has 1 atom stereocenters. The summed E-state index contributed by atoms with van der Waals surface area (Å²) in [5.41, 5.74) is 0.794. The fourth-order valence-corrected chi connectivity index (χ4v) is 2.56. The zero-order valence-electron chi connectivity index (χ0n) is 13.1. The van der Waals surface area contributed by atoms with E-state index in [1.54, 1.807) is 12.1 Å². The zero-order valence-corrected chi connectivity index (χ0v) is 13.1. The third-order valence-corrected chi connectivity index (χ3v) is 3.83. The smallest absolute Gasteiger partial charge is 0.245 e. The summed E-state index contributed by atoms with van der Waals surface area (Å²) in [5, 5.41) is 11.2. The Morgan fingerprint density at radius 3 is 2.78 bits per heavy atom. The summed E-state index contributed by atoms with van der Waals surface area (Å²) in [5.74, 6) is -1.67. The summed E-state index contributed by atoms with van der Waals surface area (Å²) in [6, 6.07) is 9.15. The van der Waals surface area contributed by atoms with Gasteiger partial charge in [0.1, 0.15) is 5.75 Å². The quantitative estimate of drug-likeness (QED) is 0.646. The highest BCUT2D eigenvalue weighted by atomic mass is 16.5. The molecule has 0 unspecified atom stereocenters. The van der Waals surface area contributed by atoms with Gasteiger partial charge in [0.05, 0.1) is 12.2 Å².